The van der Waals surface area contributed by atoms with E-state index >= 15 is 0 Å². The number of rotatable bonds is 6. The molecule has 2 fully saturated rings. The number of hydrogen-bond donors (Lipinski definition) is 1. The van der Waals surface area contributed by atoms with Gasteiger partial charge in [-0.1, -0.05) is 32.1 Å². The monoisotopic (exact) mass is 400 g/mol. The van der Waals surface area contributed by atoms with Crippen molar-refractivity contribution < 1.29 is 19.1 Å². The number of ether oxygens (including phenoxy) is 1. The predicted octanol–water partition coefficient (Wildman–Crippen LogP) is 5.47. The predicted molar refractivity (Wildman–Crippen MR) is 114 cm³/mol. The zero-order valence-corrected chi connectivity index (χ0v) is 18.4. The molecule has 0 amide bonds. The lowest BCUT2D eigenvalue weighted by Gasteiger charge is -2.60. The fourth-order valence-corrected chi connectivity index (χ4v) is 6.00. The minimum Gasteiger partial charge on any atom is -0.472 e. The minimum absolute atomic E-state index is 0.0288. The lowest BCUT2D eigenvalue weighted by molar-refractivity contribution is -0.184. The van der Waals surface area contributed by atoms with Gasteiger partial charge in [0, 0.05) is 11.0 Å². The second kappa shape index (κ2) is 8.51. The maximum absolute atomic E-state index is 12.4. The third-order valence-corrected chi connectivity index (χ3v) is 7.96. The molecule has 4 nitrogen and oxygen atoms in total. The first kappa shape index (κ1) is 21.9. The van der Waals surface area contributed by atoms with Gasteiger partial charge in [0.05, 0.1) is 19.1 Å². The van der Waals surface area contributed by atoms with Crippen LogP contribution in [0.2, 0.25) is 0 Å². The Kier molecular flexibility index (Phi) is 6.42. The van der Waals surface area contributed by atoms with Crippen molar-refractivity contribution in [3.63, 3.8) is 0 Å². The van der Waals surface area contributed by atoms with E-state index < -0.39 is 5.41 Å². The minimum atomic E-state index is -0.439. The number of hydrogen-bond acceptors (Lipinski definition) is 4. The summed E-state index contributed by atoms with van der Waals surface area (Å²) in [5.41, 5.74) is 2.78. The van der Waals surface area contributed by atoms with Gasteiger partial charge in [0.25, 0.3) is 0 Å². The molecule has 160 valence electrons. The average molecular weight is 401 g/mol. The Bertz CT molecular complexity index is 762. The Labute approximate surface area is 175 Å². The van der Waals surface area contributed by atoms with E-state index in [-0.39, 0.29) is 30.0 Å². The van der Waals surface area contributed by atoms with Crippen LogP contribution in [0.15, 0.2) is 46.8 Å². The van der Waals surface area contributed by atoms with Crippen molar-refractivity contribution in [1.82, 2.24) is 0 Å². The smallest absolute Gasteiger partial charge is 0.333 e. The molecule has 1 heterocycles. The quantitative estimate of drug-likeness (QED) is 0.391. The molecule has 0 aromatic carbocycles. The number of aliphatic hydroxyl groups excluding tert-OH is 1. The zero-order valence-electron chi connectivity index (χ0n) is 18.4. The molecule has 2 saturated carbocycles. The Hall–Kier alpha value is -1.81. The van der Waals surface area contributed by atoms with Gasteiger partial charge in [0.2, 0.25) is 0 Å². The standard InChI is InChI=1S/C25H36O4/c1-6-17(2)23(27)29-22-11-13-24(4)20(9-8-19-12-14-28-15-19)18(3)7-10-21(24)25(22,5)16-26/h6,12,14-15,20-22,26H,3,7-11,13,16H2,1-2,4-5H3. The number of furan rings is 1. The van der Waals surface area contributed by atoms with E-state index in [0.717, 1.165) is 38.5 Å². The Balaban J connectivity index is 1.84. The molecule has 0 radical (unpaired) electrons. The van der Waals surface area contributed by atoms with Gasteiger partial charge in [0.1, 0.15) is 6.10 Å². The summed E-state index contributed by atoms with van der Waals surface area (Å²) in [6.45, 7) is 12.6. The molecule has 0 saturated heterocycles. The highest BCUT2D eigenvalue weighted by Crippen LogP contribution is 2.62. The van der Waals surface area contributed by atoms with Crippen molar-refractivity contribution >= 4 is 5.97 Å². The second-order valence-corrected chi connectivity index (χ2v) is 9.55. The third-order valence-electron chi connectivity index (χ3n) is 7.96. The zero-order chi connectivity index (χ0) is 21.2. The summed E-state index contributed by atoms with van der Waals surface area (Å²) < 4.78 is 11.2. The molecule has 5 atom stereocenters. The van der Waals surface area contributed by atoms with Crippen LogP contribution in [0.1, 0.15) is 65.4 Å². The van der Waals surface area contributed by atoms with Gasteiger partial charge < -0.3 is 14.3 Å². The first-order chi connectivity index (χ1) is 13.8. The number of carbonyl (C=O) groups excluding carboxylic acids is 1. The van der Waals surface area contributed by atoms with E-state index in [0.29, 0.717) is 11.5 Å². The summed E-state index contributed by atoms with van der Waals surface area (Å²) in [4.78, 5) is 12.4. The number of fused-ring (bicyclic) bond motifs is 1. The summed E-state index contributed by atoms with van der Waals surface area (Å²) in [5.74, 6) is 0.422. The first-order valence-electron chi connectivity index (χ1n) is 10.9. The molecular weight excluding hydrogens is 364 g/mol. The molecule has 29 heavy (non-hydrogen) atoms. The Morgan fingerprint density at radius 3 is 2.79 bits per heavy atom. The summed E-state index contributed by atoms with van der Waals surface area (Å²) in [7, 11) is 0. The Morgan fingerprint density at radius 1 is 1.41 bits per heavy atom. The van der Waals surface area contributed by atoms with E-state index in [1.54, 1.807) is 19.3 Å². The lowest BCUT2D eigenvalue weighted by Crippen LogP contribution is -2.58. The van der Waals surface area contributed by atoms with E-state index in [2.05, 4.69) is 20.4 Å². The highest BCUT2D eigenvalue weighted by molar-refractivity contribution is 5.87. The average Bonchev–Trinajstić information content (AvgIpc) is 3.22. The van der Waals surface area contributed by atoms with Gasteiger partial charge in [-0.05, 0) is 81.3 Å². The van der Waals surface area contributed by atoms with Crippen molar-refractivity contribution in [2.24, 2.45) is 22.7 Å². The van der Waals surface area contributed by atoms with Crippen LogP contribution in [-0.4, -0.2) is 23.8 Å². The Morgan fingerprint density at radius 2 is 2.17 bits per heavy atom. The fraction of sp³-hybridized carbons (Fsp3) is 0.640. The van der Waals surface area contributed by atoms with Crippen molar-refractivity contribution in [1.29, 1.82) is 0 Å². The van der Waals surface area contributed by atoms with E-state index in [4.69, 9.17) is 9.15 Å². The maximum atomic E-state index is 12.4. The third kappa shape index (κ3) is 3.96. The van der Waals surface area contributed by atoms with Crippen LogP contribution in [0.4, 0.5) is 0 Å². The van der Waals surface area contributed by atoms with Crippen LogP contribution in [0.25, 0.3) is 0 Å². The van der Waals surface area contributed by atoms with Crippen LogP contribution in [-0.2, 0) is 16.0 Å². The molecule has 2 aliphatic rings. The number of esters is 1. The van der Waals surface area contributed by atoms with Crippen LogP contribution in [0.3, 0.4) is 0 Å². The number of aryl methyl sites for hydroxylation is 1. The van der Waals surface area contributed by atoms with Gasteiger partial charge in [-0.3, -0.25) is 0 Å². The van der Waals surface area contributed by atoms with Crippen molar-refractivity contribution in [2.45, 2.75) is 72.3 Å². The summed E-state index contributed by atoms with van der Waals surface area (Å²) in [6, 6.07) is 2.03. The summed E-state index contributed by atoms with van der Waals surface area (Å²) in [5, 5.41) is 10.5. The molecular formula is C25H36O4. The van der Waals surface area contributed by atoms with Gasteiger partial charge in [-0.25, -0.2) is 4.79 Å². The molecule has 1 aromatic heterocycles. The largest absolute Gasteiger partial charge is 0.472 e. The van der Waals surface area contributed by atoms with E-state index in [1.165, 1.54) is 11.1 Å². The van der Waals surface area contributed by atoms with Crippen LogP contribution in [0.5, 0.6) is 0 Å². The van der Waals surface area contributed by atoms with E-state index in [9.17, 15) is 9.90 Å². The highest BCUT2D eigenvalue weighted by atomic mass is 16.5. The summed E-state index contributed by atoms with van der Waals surface area (Å²) >= 11 is 0. The second-order valence-electron chi connectivity index (χ2n) is 9.55. The van der Waals surface area contributed by atoms with Crippen molar-refractivity contribution in [3.05, 3.63) is 48.0 Å². The highest BCUT2D eigenvalue weighted by Gasteiger charge is 2.58. The first-order valence-corrected chi connectivity index (χ1v) is 10.9. The molecule has 0 spiro atoms. The molecule has 0 bridgehead atoms. The van der Waals surface area contributed by atoms with Gasteiger partial charge in [0.15, 0.2) is 0 Å². The van der Waals surface area contributed by atoms with Crippen LogP contribution >= 0.6 is 0 Å². The maximum Gasteiger partial charge on any atom is 0.333 e. The topological polar surface area (TPSA) is 59.7 Å². The molecule has 4 heteroatoms. The van der Waals surface area contributed by atoms with Crippen LogP contribution < -0.4 is 0 Å². The molecule has 3 rings (SSSR count). The molecule has 5 unspecified atom stereocenters. The van der Waals surface area contributed by atoms with E-state index in [1.807, 2.05) is 19.3 Å². The van der Waals surface area contributed by atoms with Gasteiger partial charge >= 0.3 is 5.97 Å². The normalized spacial score (nSPS) is 35.3. The fourth-order valence-electron chi connectivity index (χ4n) is 6.00. The van der Waals surface area contributed by atoms with Crippen LogP contribution in [0, 0.1) is 22.7 Å². The van der Waals surface area contributed by atoms with Crippen molar-refractivity contribution in [3.8, 4) is 0 Å². The molecule has 1 aromatic rings. The van der Waals surface area contributed by atoms with Gasteiger partial charge in [-0.2, -0.15) is 0 Å². The number of allylic oxidation sites excluding steroid dienone is 2. The number of carbonyl (C=O) groups is 1. The molecule has 1 N–H and O–H groups in total. The lowest BCUT2D eigenvalue weighted by atomic mass is 9.46. The summed E-state index contributed by atoms with van der Waals surface area (Å²) in [6.07, 6.45) is 10.8. The molecule has 2 aliphatic carbocycles. The SMILES string of the molecule is C=C1CCC2C(C)(CO)C(OC(=O)C(C)=CC)CCC2(C)C1CCc1ccoc1. The van der Waals surface area contributed by atoms with Crippen molar-refractivity contribution in [2.75, 3.05) is 6.61 Å². The van der Waals surface area contributed by atoms with Gasteiger partial charge in [-0.15, -0.1) is 0 Å². The number of aliphatic hydroxyl groups is 1. The molecule has 0 aliphatic heterocycles.